The minimum absolute atomic E-state index is 0. The molecule has 478 valence electrons. The average molecular weight is 1760 g/mol. The van der Waals surface area contributed by atoms with Crippen molar-refractivity contribution >= 4 is 33.7 Å². The molecule has 0 spiro atoms. The summed E-state index contributed by atoms with van der Waals surface area (Å²) in [6.45, 7) is 15.8. The van der Waals surface area contributed by atoms with E-state index in [1.54, 1.807) is 30.3 Å². The second kappa shape index (κ2) is 34.8. The van der Waals surface area contributed by atoms with Crippen molar-refractivity contribution in [3.63, 3.8) is 0 Å². The van der Waals surface area contributed by atoms with E-state index in [0.717, 1.165) is 73.9 Å². The Bertz CT molecular complexity index is 3960. The first-order chi connectivity index (χ1) is 41.0. The van der Waals surface area contributed by atoms with E-state index in [1.165, 1.54) is 26.0 Å². The van der Waals surface area contributed by atoms with Gasteiger partial charge in [0, 0.05) is 102 Å². The monoisotopic (exact) mass is 1760 g/mol. The van der Waals surface area contributed by atoms with Crippen molar-refractivity contribution in [2.45, 2.75) is 87.2 Å². The molecule has 91 heavy (non-hydrogen) atoms. The van der Waals surface area contributed by atoms with E-state index in [2.05, 4.69) is 135 Å². The van der Waals surface area contributed by atoms with Crippen LogP contribution in [0.4, 0.5) is 30.2 Å². The number of pyridine rings is 4. The molecule has 0 aliphatic rings. The molecule has 15 heteroatoms. The van der Waals surface area contributed by atoms with E-state index in [4.69, 9.17) is 15.1 Å². The predicted molar refractivity (Wildman–Crippen MR) is 354 cm³/mol. The number of rotatable bonds is 9. The Labute approximate surface area is 575 Å². The van der Waals surface area contributed by atoms with Crippen LogP contribution in [-0.4, -0.2) is 41.0 Å². The van der Waals surface area contributed by atoms with Gasteiger partial charge >= 0.3 is 6.18 Å². The molecule has 0 atom stereocenters. The number of allylic oxidation sites excluding steroid dienone is 2. The summed E-state index contributed by atoms with van der Waals surface area (Å²) in [6, 6.07) is 76.0. The molecule has 11 aromatic rings. The fourth-order valence-corrected chi connectivity index (χ4v) is 8.98. The Morgan fingerprint density at radius 1 is 0.484 bits per heavy atom. The largest absolute Gasteiger partial charge is 0.512 e. The molecule has 2 radical (unpaired) electrons. The number of carbonyl (C=O) groups is 1. The van der Waals surface area contributed by atoms with Crippen LogP contribution in [0.1, 0.15) is 86.9 Å². The molecule has 4 heterocycles. The van der Waals surface area contributed by atoms with Gasteiger partial charge in [-0.2, -0.15) is 13.2 Å². The first-order valence-electron chi connectivity index (χ1n) is 27.8. The van der Waals surface area contributed by atoms with E-state index >= 15 is 0 Å². The third-order valence-corrected chi connectivity index (χ3v) is 13.4. The van der Waals surface area contributed by atoms with Crippen molar-refractivity contribution in [2.24, 2.45) is 0 Å². The number of nitrogens with zero attached hydrogens (tertiary/aromatic N) is 5. The van der Waals surface area contributed by atoms with Gasteiger partial charge in [-0.3, -0.25) is 9.78 Å². The second-order valence-corrected chi connectivity index (χ2v) is 22.2. The van der Waals surface area contributed by atoms with Gasteiger partial charge in [0.2, 0.25) is 0 Å². The third kappa shape index (κ3) is 21.5. The molecule has 7 aromatic carbocycles. The number of aliphatic hydroxyl groups excluding tert-OH is 1. The number of alkyl halides is 3. The molecule has 0 saturated carbocycles. The molecule has 9 nitrogen and oxygen atoms in total. The van der Waals surface area contributed by atoms with E-state index in [1.807, 2.05) is 115 Å². The molecule has 0 aliphatic carbocycles. The number of para-hydroxylation sites is 5. The van der Waals surface area contributed by atoms with Gasteiger partial charge in [-0.1, -0.05) is 153 Å². The first-order valence-corrected chi connectivity index (χ1v) is 27.8. The van der Waals surface area contributed by atoms with Crippen molar-refractivity contribution in [2.75, 3.05) is 4.90 Å². The summed E-state index contributed by atoms with van der Waals surface area (Å²) >= 11 is 0. The van der Waals surface area contributed by atoms with Crippen LogP contribution >= 0.6 is 0 Å². The summed E-state index contributed by atoms with van der Waals surface area (Å²) in [5, 5.41) is 30.4. The van der Waals surface area contributed by atoms with Crippen LogP contribution in [0.25, 0.3) is 67.3 Å². The third-order valence-electron chi connectivity index (χ3n) is 13.4. The Balaban J connectivity index is 0.000000338. The molecule has 0 saturated heterocycles. The summed E-state index contributed by atoms with van der Waals surface area (Å²) in [5.74, 6) is 0.323. The quantitative estimate of drug-likeness (QED) is 0.0734. The molecule has 4 aromatic heterocycles. The number of fused-ring (bicyclic) bond motifs is 1. The zero-order chi connectivity index (χ0) is 61.6. The van der Waals surface area contributed by atoms with Gasteiger partial charge in [-0.15, -0.1) is 65.7 Å². The van der Waals surface area contributed by atoms with E-state index in [9.17, 15) is 28.2 Å². The predicted octanol–water partition coefficient (Wildman–Crippen LogP) is 20.5. The van der Waals surface area contributed by atoms with Crippen molar-refractivity contribution in [3.05, 3.63) is 271 Å². The van der Waals surface area contributed by atoms with Gasteiger partial charge in [-0.05, 0) is 143 Å². The number of phenols is 2. The summed E-state index contributed by atoms with van der Waals surface area (Å²) in [5.41, 5.74) is 12.6. The number of aliphatic hydroxyl groups is 1. The molecule has 0 aliphatic heterocycles. The van der Waals surface area contributed by atoms with Gasteiger partial charge < -0.3 is 25.2 Å². The fraction of sp³-hybridized carbons (Fsp3) is 0.171. The zero-order valence-corrected chi connectivity index (χ0v) is 57.2. The maximum Gasteiger partial charge on any atom is 0.381 e. The Hall–Kier alpha value is -8.21. The van der Waals surface area contributed by atoms with Crippen molar-refractivity contribution in [1.82, 2.24) is 19.9 Å². The number of phenolic OH excluding ortho intramolecular Hbond substituents is 2. The maximum atomic E-state index is 12.5. The molecule has 0 amide bonds. The number of aromatic nitrogens is 4. The second-order valence-electron chi connectivity index (χ2n) is 22.2. The number of carbonyl (C=O) groups excluding carboxylic acids is 1. The van der Waals surface area contributed by atoms with Crippen LogP contribution in [0.2, 0.25) is 0 Å². The van der Waals surface area contributed by atoms with E-state index in [-0.39, 0.29) is 110 Å². The van der Waals surface area contributed by atoms with Crippen molar-refractivity contribution in [3.8, 4) is 67.9 Å². The first kappa shape index (κ1) is 77.0. The number of anilines is 3. The number of hydrogen-bond donors (Lipinski definition) is 3. The number of benzene rings is 7. The molecule has 11 rings (SSSR count). The Morgan fingerprint density at radius 2 is 0.956 bits per heavy atom. The minimum Gasteiger partial charge on any atom is -0.512 e. The van der Waals surface area contributed by atoms with Crippen molar-refractivity contribution < 1.29 is 94.6 Å². The van der Waals surface area contributed by atoms with Crippen LogP contribution in [0.15, 0.2) is 242 Å². The SMILES string of the molecule is C.C.CC(=O)C=C(C)O.CC(C)(C)c1cc(-c2cc(C(C)(C)C)cc(-c3ccccc3O)n2)nc(-c2ccccc2O)c1.FC(F)(F)c1c[c-]c(-c2ccc3ccccc3n2)cc1.[Ir].[Ir].[Pt].[c-]1ccccc1-c1cc(N(c2ccccc2)c2ccccc2)ccn1. The maximum absolute atomic E-state index is 12.5. The number of aromatic hydroxyl groups is 2. The number of halogens is 3. The molecule has 0 fully saturated rings. The Morgan fingerprint density at radius 3 is 1.40 bits per heavy atom. The zero-order valence-electron chi connectivity index (χ0n) is 50.1. The molecule has 3 N–H and O–H groups in total. The van der Waals surface area contributed by atoms with Crippen LogP contribution < -0.4 is 4.90 Å². The van der Waals surface area contributed by atoms with Gasteiger partial charge in [0.1, 0.15) is 11.5 Å². The molecular formula is C76H74F3Ir2N5O4Pt-2. The number of hydrogen-bond acceptors (Lipinski definition) is 9. The topological polar surface area (TPSA) is 133 Å². The summed E-state index contributed by atoms with van der Waals surface area (Å²) in [7, 11) is 0. The van der Waals surface area contributed by atoms with Crippen molar-refractivity contribution in [1.29, 1.82) is 0 Å². The number of ketones is 1. The van der Waals surface area contributed by atoms with E-state index < -0.39 is 11.7 Å². The standard InChI is InChI=1S/C30H32N2O2.C23H17N2.C16H9F3N.C5H8O2.2CH4.2Ir.Pt/c1-29(2,3)19-15-23(21-11-7-9-13-27(21)33)31-25(17-19)26-18-20(30(4,5)6)16-24(32-26)22-12-8-10-14-28(22)34;1-4-10-19(11-5-1)23-18-22(16-17-24-23)25(20-12-6-2-7-13-20)21-14-8-3-9-15-21;17-16(18,19)13-8-5-12(6-9-13)15-10-7-11-3-1-2-4-14(11)20-15;1-4(6)3-5(2)7;;;;;/h7-18,33-34H,1-6H3;1-10,12-18H;1-5,7-10H;3,6H,1-2H3;2*1H4;;;/q;2*-1;;;;;;. The normalized spacial score (nSPS) is 10.8. The van der Waals surface area contributed by atoms with Crippen LogP contribution in [0, 0.1) is 12.1 Å². The Kier molecular flexibility index (Phi) is 29.5. The fourth-order valence-electron chi connectivity index (χ4n) is 8.98. The molecule has 0 unspecified atom stereocenters. The summed E-state index contributed by atoms with van der Waals surface area (Å²) in [6.07, 6.45) is -1.32. The van der Waals surface area contributed by atoms with Crippen LogP contribution in [-0.2, 0) is 83.1 Å². The van der Waals surface area contributed by atoms with Crippen LogP contribution in [0.5, 0.6) is 11.5 Å². The minimum atomic E-state index is -4.34. The summed E-state index contributed by atoms with van der Waals surface area (Å²) in [4.78, 5) is 31.1. The van der Waals surface area contributed by atoms with Gasteiger partial charge in [0.05, 0.1) is 34.1 Å². The van der Waals surface area contributed by atoms with Gasteiger partial charge in [0.15, 0.2) is 5.78 Å². The molecule has 0 bridgehead atoms. The van der Waals surface area contributed by atoms with Gasteiger partial charge in [0.25, 0.3) is 0 Å². The van der Waals surface area contributed by atoms with Crippen LogP contribution in [0.3, 0.4) is 0 Å². The smallest absolute Gasteiger partial charge is 0.381 e. The van der Waals surface area contributed by atoms with Gasteiger partial charge in [-0.25, -0.2) is 9.97 Å². The summed E-state index contributed by atoms with van der Waals surface area (Å²) < 4.78 is 37.5. The molecular weight excluding hydrogens is 1680 g/mol. The average Bonchev–Trinajstić information content (AvgIpc) is 1.02. The van der Waals surface area contributed by atoms with E-state index in [0.29, 0.717) is 33.8 Å².